The Hall–Kier alpha value is 0.00987. The number of hydrogen-bond donors (Lipinski definition) is 1. The lowest BCUT2D eigenvalue weighted by Gasteiger charge is -2.24. The molecule has 0 saturated carbocycles. The van der Waals surface area contributed by atoms with Gasteiger partial charge in [-0.2, -0.15) is 0 Å². The van der Waals surface area contributed by atoms with Gasteiger partial charge in [0.2, 0.25) is 0 Å². The SMILES string of the molecule is [B]N([B])CCN(C)C(C)CO. The van der Waals surface area contributed by atoms with Crippen LogP contribution in [0.25, 0.3) is 0 Å². The van der Waals surface area contributed by atoms with E-state index in [4.69, 9.17) is 21.1 Å². The smallest absolute Gasteiger partial charge is 0.166 e. The summed E-state index contributed by atoms with van der Waals surface area (Å²) < 4.78 is 1.14. The maximum absolute atomic E-state index is 8.75. The molecule has 0 aliphatic carbocycles. The van der Waals surface area contributed by atoms with Crippen molar-refractivity contribution in [3.05, 3.63) is 0 Å². The molecule has 60 valence electrons. The first-order chi connectivity index (χ1) is 5.07. The fourth-order valence-electron chi connectivity index (χ4n) is 0.633. The molecule has 0 aromatic heterocycles. The summed E-state index contributed by atoms with van der Waals surface area (Å²) in [6, 6.07) is 0.162. The van der Waals surface area contributed by atoms with Gasteiger partial charge in [0, 0.05) is 12.6 Å². The van der Waals surface area contributed by atoms with Gasteiger partial charge in [-0.1, -0.05) is 0 Å². The van der Waals surface area contributed by atoms with Crippen LogP contribution in [0.1, 0.15) is 6.92 Å². The Balaban J connectivity index is 3.43. The Morgan fingerprint density at radius 2 is 1.91 bits per heavy atom. The molecule has 5 heteroatoms. The number of hydrogen-bond acceptors (Lipinski definition) is 3. The zero-order valence-electron chi connectivity index (χ0n) is 7.20. The maximum Gasteiger partial charge on any atom is 0.166 e. The van der Waals surface area contributed by atoms with E-state index in [1.54, 1.807) is 0 Å². The van der Waals surface area contributed by atoms with E-state index in [2.05, 4.69) is 0 Å². The van der Waals surface area contributed by atoms with Crippen LogP contribution in [-0.4, -0.2) is 63.5 Å². The van der Waals surface area contributed by atoms with Crippen LogP contribution in [0.15, 0.2) is 0 Å². The molecule has 0 heterocycles. The first kappa shape index (κ1) is 11.0. The van der Waals surface area contributed by atoms with Crippen LogP contribution < -0.4 is 0 Å². The highest BCUT2D eigenvalue weighted by atomic mass is 16.3. The van der Waals surface area contributed by atoms with Crippen LogP contribution in [0, 0.1) is 0 Å². The monoisotopic (exact) mass is 152 g/mol. The normalized spacial score (nSPS) is 14.3. The Morgan fingerprint density at radius 3 is 2.27 bits per heavy atom. The average Bonchev–Trinajstić information content (AvgIpc) is 1.98. The minimum atomic E-state index is 0.158. The van der Waals surface area contributed by atoms with Gasteiger partial charge in [0.15, 0.2) is 16.0 Å². The molecule has 4 radical (unpaired) electrons. The Morgan fingerprint density at radius 1 is 1.36 bits per heavy atom. The van der Waals surface area contributed by atoms with Crippen LogP contribution in [0.2, 0.25) is 0 Å². The van der Waals surface area contributed by atoms with Gasteiger partial charge in [0.1, 0.15) is 0 Å². The van der Waals surface area contributed by atoms with E-state index in [0.717, 1.165) is 11.3 Å². The minimum Gasteiger partial charge on any atom is -0.403 e. The fraction of sp³-hybridized carbons (Fsp3) is 1.00. The highest BCUT2D eigenvalue weighted by Crippen LogP contribution is 1.92. The van der Waals surface area contributed by atoms with Gasteiger partial charge in [0.05, 0.1) is 6.61 Å². The molecule has 3 nitrogen and oxygen atoms in total. The number of likely N-dealkylation sites (N-methyl/N-ethyl adjacent to an activating group) is 1. The molecule has 0 spiro atoms. The zero-order chi connectivity index (χ0) is 8.85. The van der Waals surface area contributed by atoms with Crippen molar-refractivity contribution in [2.24, 2.45) is 0 Å². The van der Waals surface area contributed by atoms with Crippen LogP contribution in [-0.2, 0) is 0 Å². The van der Waals surface area contributed by atoms with Crippen molar-refractivity contribution in [1.29, 1.82) is 0 Å². The lowest BCUT2D eigenvalue weighted by molar-refractivity contribution is 0.158. The summed E-state index contributed by atoms with van der Waals surface area (Å²) in [6.07, 6.45) is 0. The van der Waals surface area contributed by atoms with E-state index in [9.17, 15) is 0 Å². The largest absolute Gasteiger partial charge is 0.403 e. The van der Waals surface area contributed by atoms with Crippen molar-refractivity contribution in [2.75, 3.05) is 26.7 Å². The molecule has 11 heavy (non-hydrogen) atoms. The number of aliphatic hydroxyl groups excluding tert-OH is 1. The molecule has 1 N–H and O–H groups in total. The molecule has 0 aliphatic heterocycles. The summed E-state index contributed by atoms with van der Waals surface area (Å²) >= 11 is 0. The molecular weight excluding hydrogens is 138 g/mol. The van der Waals surface area contributed by atoms with E-state index in [0.29, 0.717) is 6.54 Å². The summed E-state index contributed by atoms with van der Waals surface area (Å²) in [4.78, 5) is 1.99. The molecule has 1 unspecified atom stereocenters. The van der Waals surface area contributed by atoms with Gasteiger partial charge < -0.3 is 14.7 Å². The first-order valence-electron chi connectivity index (χ1n) is 3.66. The Labute approximate surface area is 71.2 Å². The summed E-state index contributed by atoms with van der Waals surface area (Å²) in [5.74, 6) is 0. The van der Waals surface area contributed by atoms with Crippen molar-refractivity contribution in [2.45, 2.75) is 13.0 Å². The van der Waals surface area contributed by atoms with Crippen LogP contribution in [0.4, 0.5) is 0 Å². The topological polar surface area (TPSA) is 26.7 Å². The molecule has 0 aliphatic rings. The first-order valence-corrected chi connectivity index (χ1v) is 3.66. The quantitative estimate of drug-likeness (QED) is 0.499. The van der Waals surface area contributed by atoms with Gasteiger partial charge in [-0.25, -0.2) is 0 Å². The second-order valence-corrected chi connectivity index (χ2v) is 2.75. The summed E-state index contributed by atoms with van der Waals surface area (Å²) in [5.41, 5.74) is 0. The van der Waals surface area contributed by atoms with Crippen LogP contribution >= 0.6 is 0 Å². The molecular formula is C6H14B2N2O. The average molecular weight is 152 g/mol. The number of aliphatic hydroxyl groups is 1. The third kappa shape index (κ3) is 5.30. The van der Waals surface area contributed by atoms with Gasteiger partial charge in [0.25, 0.3) is 0 Å². The van der Waals surface area contributed by atoms with E-state index < -0.39 is 0 Å². The summed E-state index contributed by atoms with van der Waals surface area (Å²) in [7, 11) is 12.3. The fourth-order valence-corrected chi connectivity index (χ4v) is 0.633. The molecule has 0 amide bonds. The highest BCUT2D eigenvalue weighted by Gasteiger charge is 2.06. The molecule has 1 atom stereocenters. The van der Waals surface area contributed by atoms with Gasteiger partial charge in [-0.15, -0.1) is 0 Å². The van der Waals surface area contributed by atoms with Crippen molar-refractivity contribution in [3.8, 4) is 0 Å². The van der Waals surface area contributed by atoms with Crippen molar-refractivity contribution < 1.29 is 5.11 Å². The van der Waals surface area contributed by atoms with E-state index in [1.807, 2.05) is 18.9 Å². The van der Waals surface area contributed by atoms with Crippen LogP contribution in [0.3, 0.4) is 0 Å². The lowest BCUT2D eigenvalue weighted by Crippen LogP contribution is -2.37. The van der Waals surface area contributed by atoms with Gasteiger partial charge >= 0.3 is 0 Å². The predicted octanol–water partition coefficient (Wildman–Crippen LogP) is -1.23. The molecule has 0 rings (SSSR count). The van der Waals surface area contributed by atoms with Gasteiger partial charge in [-0.3, -0.25) is 0 Å². The third-order valence-corrected chi connectivity index (χ3v) is 1.73. The Kier molecular flexibility index (Phi) is 5.64. The predicted molar refractivity (Wildman–Crippen MR) is 47.4 cm³/mol. The number of nitrogens with zero attached hydrogens (tertiary/aromatic N) is 2. The summed E-state index contributed by atoms with van der Waals surface area (Å²) in [5, 5.41) is 8.75. The second kappa shape index (κ2) is 5.63. The highest BCUT2D eigenvalue weighted by molar-refractivity contribution is 6.24. The lowest BCUT2D eigenvalue weighted by atomic mass is 10.1. The molecule has 0 fully saturated rings. The minimum absolute atomic E-state index is 0.158. The molecule has 0 saturated heterocycles. The Bertz CT molecular complexity index is 103. The van der Waals surface area contributed by atoms with Gasteiger partial charge in [-0.05, 0) is 20.5 Å². The van der Waals surface area contributed by atoms with Crippen molar-refractivity contribution in [3.63, 3.8) is 0 Å². The van der Waals surface area contributed by atoms with E-state index >= 15 is 0 Å². The second-order valence-electron chi connectivity index (χ2n) is 2.75. The van der Waals surface area contributed by atoms with E-state index in [-0.39, 0.29) is 12.6 Å². The standard InChI is InChI=1S/C6H14B2N2O/c1-6(5-11)9(2)3-4-10(7)8/h6,11H,3-5H2,1-2H3. The molecule has 0 bridgehead atoms. The molecule has 0 aromatic rings. The van der Waals surface area contributed by atoms with Crippen molar-refractivity contribution >= 4 is 16.0 Å². The van der Waals surface area contributed by atoms with E-state index in [1.165, 1.54) is 0 Å². The molecule has 0 aromatic carbocycles. The maximum atomic E-state index is 8.75. The van der Waals surface area contributed by atoms with Crippen LogP contribution in [0.5, 0.6) is 0 Å². The van der Waals surface area contributed by atoms with Crippen molar-refractivity contribution in [1.82, 2.24) is 9.62 Å². The number of rotatable bonds is 5. The zero-order valence-corrected chi connectivity index (χ0v) is 7.20. The third-order valence-electron chi connectivity index (χ3n) is 1.73. The summed E-state index contributed by atoms with van der Waals surface area (Å²) in [6.45, 7) is 3.46.